The molecule has 3 aromatic rings. The lowest BCUT2D eigenvalue weighted by molar-refractivity contribution is 0.601. The van der Waals surface area contributed by atoms with Crippen molar-refractivity contribution in [2.45, 2.75) is 11.8 Å². The van der Waals surface area contributed by atoms with Crippen molar-refractivity contribution in [3.8, 4) is 0 Å². The Bertz CT molecular complexity index is 1030. The summed E-state index contributed by atoms with van der Waals surface area (Å²) in [5.74, 6) is 0. The topological polar surface area (TPSA) is 70.6 Å². The number of hydrazone groups is 1. The fourth-order valence-electron chi connectivity index (χ4n) is 2.33. The van der Waals surface area contributed by atoms with Crippen molar-refractivity contribution in [3.05, 3.63) is 88.9 Å². The summed E-state index contributed by atoms with van der Waals surface area (Å²) >= 11 is 3.39. The van der Waals surface area contributed by atoms with Crippen molar-refractivity contribution in [3.63, 3.8) is 0 Å². The number of hydrogen-bond acceptors (Lipinski definition) is 4. The van der Waals surface area contributed by atoms with E-state index in [4.69, 9.17) is 0 Å². The number of nitrogens with zero attached hydrogens (tertiary/aromatic N) is 1. The highest BCUT2D eigenvalue weighted by Crippen LogP contribution is 2.17. The molecule has 138 valence electrons. The first kappa shape index (κ1) is 19.1. The molecule has 0 unspecified atom stereocenters. The summed E-state index contributed by atoms with van der Waals surface area (Å²) in [6.07, 6.45) is 0. The monoisotopic (exact) mass is 443 g/mol. The van der Waals surface area contributed by atoms with E-state index in [1.54, 1.807) is 48.5 Å². The molecule has 3 rings (SSSR count). The Morgan fingerprint density at radius 3 is 2.11 bits per heavy atom. The predicted molar refractivity (Wildman–Crippen MR) is 114 cm³/mol. The van der Waals surface area contributed by atoms with Crippen LogP contribution in [0.2, 0.25) is 0 Å². The second-order valence-electron chi connectivity index (χ2n) is 5.81. The molecule has 0 atom stereocenters. The van der Waals surface area contributed by atoms with Crippen LogP contribution in [0.5, 0.6) is 0 Å². The Labute approximate surface area is 167 Å². The molecule has 5 nitrogen and oxygen atoms in total. The summed E-state index contributed by atoms with van der Waals surface area (Å²) in [5, 5.41) is 4.34. The molecule has 0 radical (unpaired) electrons. The molecule has 0 saturated heterocycles. The fraction of sp³-hybridized carbons (Fsp3) is 0.0500. The highest BCUT2D eigenvalue weighted by atomic mass is 79.9. The van der Waals surface area contributed by atoms with E-state index in [0.29, 0.717) is 5.69 Å². The normalized spacial score (nSPS) is 11.9. The van der Waals surface area contributed by atoms with Crippen LogP contribution in [0.15, 0.2) is 93.3 Å². The molecule has 0 aliphatic carbocycles. The molecule has 0 saturated carbocycles. The van der Waals surface area contributed by atoms with Crippen molar-refractivity contribution >= 4 is 43.0 Å². The largest absolute Gasteiger partial charge is 0.280 e. The van der Waals surface area contributed by atoms with E-state index in [9.17, 15) is 8.42 Å². The molecule has 0 spiro atoms. The van der Waals surface area contributed by atoms with Gasteiger partial charge in [0.15, 0.2) is 0 Å². The summed E-state index contributed by atoms with van der Waals surface area (Å²) in [6, 6.07) is 23.1. The second-order valence-corrected chi connectivity index (χ2v) is 8.41. The van der Waals surface area contributed by atoms with Crippen LogP contribution in [-0.4, -0.2) is 14.1 Å². The van der Waals surface area contributed by atoms with Gasteiger partial charge in [-0.05, 0) is 61.0 Å². The van der Waals surface area contributed by atoms with Crippen LogP contribution in [0.25, 0.3) is 0 Å². The Kier molecular flexibility index (Phi) is 5.93. The van der Waals surface area contributed by atoms with Crippen molar-refractivity contribution in [2.75, 3.05) is 10.1 Å². The minimum atomic E-state index is -3.63. The van der Waals surface area contributed by atoms with Crippen molar-refractivity contribution in [1.82, 2.24) is 0 Å². The smallest absolute Gasteiger partial charge is 0.261 e. The van der Waals surface area contributed by atoms with Crippen molar-refractivity contribution < 1.29 is 8.42 Å². The molecule has 0 heterocycles. The highest BCUT2D eigenvalue weighted by molar-refractivity contribution is 9.10. The first-order chi connectivity index (χ1) is 12.9. The number of anilines is 2. The van der Waals surface area contributed by atoms with Gasteiger partial charge in [0.25, 0.3) is 10.0 Å². The number of nitrogens with one attached hydrogen (secondary N) is 2. The summed E-state index contributed by atoms with van der Waals surface area (Å²) in [6.45, 7) is 1.86. The maximum atomic E-state index is 12.5. The summed E-state index contributed by atoms with van der Waals surface area (Å²) in [7, 11) is -3.63. The maximum absolute atomic E-state index is 12.5. The Hall–Kier alpha value is -2.64. The van der Waals surface area contributed by atoms with E-state index in [2.05, 4.69) is 31.2 Å². The standard InChI is InChI=1S/C20H18BrN3O2S/c1-15(22-23-18-11-9-17(21)10-12-18)16-7-13-20(14-8-16)27(25,26)24-19-5-3-2-4-6-19/h2-14,23-24H,1H3. The minimum absolute atomic E-state index is 0.198. The van der Waals surface area contributed by atoms with Crippen molar-refractivity contribution in [1.29, 1.82) is 0 Å². The van der Waals surface area contributed by atoms with Crippen LogP contribution in [0.4, 0.5) is 11.4 Å². The molecule has 0 aliphatic heterocycles. The average molecular weight is 444 g/mol. The Morgan fingerprint density at radius 1 is 0.852 bits per heavy atom. The number of hydrogen-bond donors (Lipinski definition) is 2. The number of benzene rings is 3. The molecule has 0 bridgehead atoms. The molecule has 0 fully saturated rings. The average Bonchev–Trinajstić information content (AvgIpc) is 2.68. The molecule has 0 aromatic heterocycles. The van der Waals surface area contributed by atoms with Gasteiger partial charge in [0.2, 0.25) is 0 Å². The number of rotatable bonds is 6. The zero-order chi connectivity index (χ0) is 19.3. The van der Waals surface area contributed by atoms with Gasteiger partial charge in [0, 0.05) is 10.2 Å². The quantitative estimate of drug-likeness (QED) is 0.411. The molecule has 27 heavy (non-hydrogen) atoms. The molecule has 0 aliphatic rings. The first-order valence-corrected chi connectivity index (χ1v) is 10.5. The maximum Gasteiger partial charge on any atom is 0.261 e. The third-order valence-electron chi connectivity index (χ3n) is 3.81. The molecular weight excluding hydrogens is 426 g/mol. The summed E-state index contributed by atoms with van der Waals surface area (Å²) in [4.78, 5) is 0.198. The van der Waals surface area contributed by atoms with Gasteiger partial charge < -0.3 is 0 Å². The van der Waals surface area contributed by atoms with E-state index in [0.717, 1.165) is 21.4 Å². The van der Waals surface area contributed by atoms with Crippen LogP contribution in [0.1, 0.15) is 12.5 Å². The Balaban J connectivity index is 1.72. The number of para-hydroxylation sites is 1. The molecule has 2 N–H and O–H groups in total. The van der Waals surface area contributed by atoms with E-state index in [-0.39, 0.29) is 4.90 Å². The lowest BCUT2D eigenvalue weighted by Gasteiger charge is -2.09. The molecule has 3 aromatic carbocycles. The first-order valence-electron chi connectivity index (χ1n) is 8.18. The van der Waals surface area contributed by atoms with Gasteiger partial charge >= 0.3 is 0 Å². The second kappa shape index (κ2) is 8.37. The van der Waals surface area contributed by atoms with E-state index < -0.39 is 10.0 Å². The van der Waals surface area contributed by atoms with Gasteiger partial charge in [-0.25, -0.2) is 8.42 Å². The van der Waals surface area contributed by atoms with Crippen LogP contribution in [0, 0.1) is 0 Å². The van der Waals surface area contributed by atoms with E-state index in [1.165, 1.54) is 0 Å². The van der Waals surface area contributed by atoms with Gasteiger partial charge in [-0.1, -0.05) is 46.3 Å². The van der Waals surface area contributed by atoms with Crippen LogP contribution < -0.4 is 10.1 Å². The fourth-order valence-corrected chi connectivity index (χ4v) is 3.66. The predicted octanol–water partition coefficient (Wildman–Crippen LogP) is 5.09. The lowest BCUT2D eigenvalue weighted by atomic mass is 10.1. The van der Waals surface area contributed by atoms with Crippen LogP contribution in [-0.2, 0) is 10.0 Å². The summed E-state index contributed by atoms with van der Waals surface area (Å²) < 4.78 is 28.5. The zero-order valence-corrected chi connectivity index (χ0v) is 17.0. The van der Waals surface area contributed by atoms with Gasteiger partial charge in [0.05, 0.1) is 16.3 Å². The number of halogens is 1. The van der Waals surface area contributed by atoms with Gasteiger partial charge in [-0.15, -0.1) is 0 Å². The summed E-state index contributed by atoms with van der Waals surface area (Å²) in [5.41, 5.74) is 5.95. The van der Waals surface area contributed by atoms with Gasteiger partial charge in [-0.3, -0.25) is 10.1 Å². The van der Waals surface area contributed by atoms with Gasteiger partial charge in [0.1, 0.15) is 0 Å². The van der Waals surface area contributed by atoms with E-state index in [1.807, 2.05) is 37.3 Å². The zero-order valence-electron chi connectivity index (χ0n) is 14.6. The molecular formula is C20H18BrN3O2S. The molecule has 7 heteroatoms. The SMILES string of the molecule is CC(=NNc1ccc(Br)cc1)c1ccc(S(=O)(=O)Nc2ccccc2)cc1. The molecule has 0 amide bonds. The third kappa shape index (κ3) is 5.18. The minimum Gasteiger partial charge on any atom is -0.280 e. The van der Waals surface area contributed by atoms with Crippen LogP contribution >= 0.6 is 15.9 Å². The third-order valence-corrected chi connectivity index (χ3v) is 5.73. The number of sulfonamides is 1. The lowest BCUT2D eigenvalue weighted by Crippen LogP contribution is -2.13. The van der Waals surface area contributed by atoms with E-state index >= 15 is 0 Å². The van der Waals surface area contributed by atoms with Crippen molar-refractivity contribution in [2.24, 2.45) is 5.10 Å². The van der Waals surface area contributed by atoms with Gasteiger partial charge in [-0.2, -0.15) is 5.10 Å². The van der Waals surface area contributed by atoms with Crippen LogP contribution in [0.3, 0.4) is 0 Å². The highest BCUT2D eigenvalue weighted by Gasteiger charge is 2.14. The Morgan fingerprint density at radius 2 is 1.48 bits per heavy atom.